The second kappa shape index (κ2) is 10.5. The molecular formula is C22H21N5O5S2. The van der Waals surface area contributed by atoms with Crippen molar-refractivity contribution in [3.05, 3.63) is 64.4 Å². The van der Waals surface area contributed by atoms with E-state index in [1.807, 2.05) is 6.07 Å². The molecule has 1 unspecified atom stereocenters. The van der Waals surface area contributed by atoms with Gasteiger partial charge in [-0.1, -0.05) is 18.7 Å². The van der Waals surface area contributed by atoms with Crippen LogP contribution in [0, 0.1) is 11.3 Å². The Labute approximate surface area is 200 Å². The number of aromatic nitrogens is 2. The van der Waals surface area contributed by atoms with Crippen molar-refractivity contribution in [3.63, 3.8) is 0 Å². The number of rotatable bonds is 8. The lowest BCUT2D eigenvalue weighted by atomic mass is 10.1. The van der Waals surface area contributed by atoms with E-state index >= 15 is 0 Å². The minimum absolute atomic E-state index is 0.0719. The number of hydrogen-bond acceptors (Lipinski definition) is 8. The van der Waals surface area contributed by atoms with Gasteiger partial charge in [0.25, 0.3) is 5.56 Å². The molecule has 3 rings (SSSR count). The topological polar surface area (TPSA) is 168 Å². The van der Waals surface area contributed by atoms with Crippen LogP contribution in [0.1, 0.15) is 18.9 Å². The SMILES string of the molecule is CCC(Sc1nc(-c2ccc(OC)cc2)c(C#N)c(=O)[nH]1)C(=O)Nc1ccc(S(N)(=O)=O)cc1. The van der Waals surface area contributed by atoms with Crippen LogP contribution < -0.4 is 20.8 Å². The molecule has 1 amide bonds. The van der Waals surface area contributed by atoms with Crippen molar-refractivity contribution in [2.24, 2.45) is 5.14 Å². The van der Waals surface area contributed by atoms with Crippen molar-refractivity contribution in [3.8, 4) is 23.1 Å². The molecule has 34 heavy (non-hydrogen) atoms. The Kier molecular flexibility index (Phi) is 7.72. The first-order chi connectivity index (χ1) is 16.2. The van der Waals surface area contributed by atoms with Gasteiger partial charge in [-0.15, -0.1) is 0 Å². The number of nitrogens with two attached hydrogens (primary N) is 1. The predicted molar refractivity (Wildman–Crippen MR) is 128 cm³/mol. The molecule has 0 aliphatic carbocycles. The monoisotopic (exact) mass is 499 g/mol. The summed E-state index contributed by atoms with van der Waals surface area (Å²) in [6.07, 6.45) is 0.410. The Morgan fingerprint density at radius 1 is 1.24 bits per heavy atom. The number of nitriles is 1. The molecule has 3 aromatic rings. The average molecular weight is 500 g/mol. The third-order valence-corrected chi connectivity index (χ3v) is 6.92. The molecule has 10 nitrogen and oxygen atoms in total. The van der Waals surface area contributed by atoms with Crippen molar-refractivity contribution in [1.82, 2.24) is 9.97 Å². The molecule has 0 aliphatic heterocycles. The van der Waals surface area contributed by atoms with Gasteiger partial charge in [0.15, 0.2) is 5.16 Å². The molecule has 0 saturated carbocycles. The van der Waals surface area contributed by atoms with Crippen LogP contribution >= 0.6 is 11.8 Å². The maximum absolute atomic E-state index is 12.8. The number of H-pyrrole nitrogens is 1. The number of carbonyl (C=O) groups is 1. The van der Waals surface area contributed by atoms with Gasteiger partial charge in [-0.25, -0.2) is 18.5 Å². The summed E-state index contributed by atoms with van der Waals surface area (Å²) in [5.74, 6) is 0.246. The normalized spacial score (nSPS) is 11.9. The number of hydrogen-bond donors (Lipinski definition) is 3. The van der Waals surface area contributed by atoms with Crippen LogP contribution in [0.15, 0.2) is 63.4 Å². The van der Waals surface area contributed by atoms with Crippen LogP contribution in [0.4, 0.5) is 5.69 Å². The number of amides is 1. The first-order valence-corrected chi connectivity index (χ1v) is 12.4. The summed E-state index contributed by atoms with van der Waals surface area (Å²) in [4.78, 5) is 32.2. The van der Waals surface area contributed by atoms with Crippen LogP contribution in [0.5, 0.6) is 5.75 Å². The lowest BCUT2D eigenvalue weighted by Gasteiger charge is -2.15. The molecule has 1 aromatic heterocycles. The van der Waals surface area contributed by atoms with Gasteiger partial charge in [-0.05, 0) is 55.0 Å². The number of anilines is 1. The number of methoxy groups -OCH3 is 1. The lowest BCUT2D eigenvalue weighted by molar-refractivity contribution is -0.115. The van der Waals surface area contributed by atoms with E-state index < -0.39 is 20.8 Å². The molecule has 0 aliphatic rings. The molecule has 0 saturated heterocycles. The molecule has 1 heterocycles. The smallest absolute Gasteiger partial charge is 0.270 e. The lowest BCUT2D eigenvalue weighted by Crippen LogP contribution is -2.25. The molecule has 12 heteroatoms. The van der Waals surface area contributed by atoms with Crippen LogP contribution in [0.3, 0.4) is 0 Å². The molecule has 1 atom stereocenters. The molecular weight excluding hydrogens is 478 g/mol. The summed E-state index contributed by atoms with van der Waals surface area (Å²) in [7, 11) is -2.31. The fourth-order valence-corrected chi connectivity index (χ4v) is 4.39. The first-order valence-electron chi connectivity index (χ1n) is 9.95. The molecule has 176 valence electrons. The van der Waals surface area contributed by atoms with Gasteiger partial charge in [0.1, 0.15) is 17.4 Å². The molecule has 0 radical (unpaired) electrons. The molecule has 0 fully saturated rings. The second-order valence-corrected chi connectivity index (χ2v) is 9.76. The van der Waals surface area contributed by atoms with Crippen molar-refractivity contribution >= 4 is 33.4 Å². The van der Waals surface area contributed by atoms with Crippen molar-refractivity contribution < 1.29 is 17.9 Å². The average Bonchev–Trinajstić information content (AvgIpc) is 2.82. The Bertz CT molecular complexity index is 1400. The van der Waals surface area contributed by atoms with Crippen LogP contribution in [0.25, 0.3) is 11.3 Å². The number of sulfonamides is 1. The maximum atomic E-state index is 12.8. The van der Waals surface area contributed by atoms with Crippen molar-refractivity contribution in [1.29, 1.82) is 5.26 Å². The van der Waals surface area contributed by atoms with E-state index in [1.54, 1.807) is 31.2 Å². The van der Waals surface area contributed by atoms with E-state index in [0.717, 1.165) is 11.8 Å². The van der Waals surface area contributed by atoms with Gasteiger partial charge in [-0.3, -0.25) is 9.59 Å². The number of thioether (sulfide) groups is 1. The maximum Gasteiger partial charge on any atom is 0.270 e. The number of nitrogens with one attached hydrogen (secondary N) is 2. The Morgan fingerprint density at radius 3 is 2.41 bits per heavy atom. The van der Waals surface area contributed by atoms with Gasteiger partial charge in [0.05, 0.1) is 22.9 Å². The predicted octanol–water partition coefficient (Wildman–Crippen LogP) is 2.47. The number of aromatic amines is 1. The highest BCUT2D eigenvalue weighted by molar-refractivity contribution is 8.00. The van der Waals surface area contributed by atoms with E-state index in [9.17, 15) is 23.3 Å². The summed E-state index contributed by atoms with van der Waals surface area (Å²) in [6, 6.07) is 14.1. The van der Waals surface area contributed by atoms with Gasteiger partial charge < -0.3 is 15.0 Å². The highest BCUT2D eigenvalue weighted by atomic mass is 32.2. The minimum Gasteiger partial charge on any atom is -0.497 e. The summed E-state index contributed by atoms with van der Waals surface area (Å²) in [5.41, 5.74) is 0.390. The highest BCUT2D eigenvalue weighted by Crippen LogP contribution is 2.27. The molecule has 4 N–H and O–H groups in total. The summed E-state index contributed by atoms with van der Waals surface area (Å²) < 4.78 is 27.9. The van der Waals surface area contributed by atoms with Crippen LogP contribution in [-0.4, -0.2) is 36.7 Å². The number of carbonyl (C=O) groups excluding carboxylic acids is 1. The van der Waals surface area contributed by atoms with E-state index in [0.29, 0.717) is 23.4 Å². The van der Waals surface area contributed by atoms with E-state index in [1.165, 1.54) is 31.4 Å². The van der Waals surface area contributed by atoms with Crippen LogP contribution in [-0.2, 0) is 14.8 Å². The fraction of sp³-hybridized carbons (Fsp3) is 0.182. The molecule has 0 spiro atoms. The number of benzene rings is 2. The summed E-state index contributed by atoms with van der Waals surface area (Å²) in [6.45, 7) is 1.80. The largest absolute Gasteiger partial charge is 0.497 e. The van der Waals surface area contributed by atoms with E-state index in [-0.39, 0.29) is 27.2 Å². The number of nitrogens with zero attached hydrogens (tertiary/aromatic N) is 2. The fourth-order valence-electron chi connectivity index (χ4n) is 2.98. The molecule has 0 bridgehead atoms. The van der Waals surface area contributed by atoms with Crippen molar-refractivity contribution in [2.45, 2.75) is 28.6 Å². The standard InChI is InChI=1S/C22H21N5O5S2/c1-3-18(21(29)25-14-6-10-16(11-7-14)34(24,30)31)33-22-26-19(17(12-23)20(28)27-22)13-4-8-15(32-2)9-5-13/h4-11,18H,3H2,1-2H3,(H,25,29)(H2,24,30,31)(H,26,27,28). The Morgan fingerprint density at radius 2 is 1.88 bits per heavy atom. The van der Waals surface area contributed by atoms with Gasteiger partial charge >= 0.3 is 0 Å². The Hall–Kier alpha value is -3.66. The molecule has 2 aromatic carbocycles. The highest BCUT2D eigenvalue weighted by Gasteiger charge is 2.22. The van der Waals surface area contributed by atoms with E-state index in [2.05, 4.69) is 15.3 Å². The van der Waals surface area contributed by atoms with Gasteiger partial charge in [0, 0.05) is 11.3 Å². The van der Waals surface area contributed by atoms with Crippen molar-refractivity contribution in [2.75, 3.05) is 12.4 Å². The number of primary sulfonamides is 1. The van der Waals surface area contributed by atoms with E-state index in [4.69, 9.17) is 9.88 Å². The Balaban J connectivity index is 1.85. The number of ether oxygens (including phenoxy) is 1. The third-order valence-electron chi connectivity index (χ3n) is 4.74. The second-order valence-electron chi connectivity index (χ2n) is 7.01. The zero-order chi connectivity index (χ0) is 24.9. The minimum atomic E-state index is -3.84. The summed E-state index contributed by atoms with van der Waals surface area (Å²) >= 11 is 1.04. The summed E-state index contributed by atoms with van der Waals surface area (Å²) in [5, 5.41) is 16.8. The van der Waals surface area contributed by atoms with Gasteiger partial charge in [-0.2, -0.15) is 5.26 Å². The van der Waals surface area contributed by atoms with Gasteiger partial charge in [0.2, 0.25) is 15.9 Å². The van der Waals surface area contributed by atoms with Crippen LogP contribution in [0.2, 0.25) is 0 Å². The third kappa shape index (κ3) is 5.82. The zero-order valence-corrected chi connectivity index (χ0v) is 19.9. The first kappa shape index (κ1) is 25.0. The zero-order valence-electron chi connectivity index (χ0n) is 18.2. The quantitative estimate of drug-likeness (QED) is 0.314.